The summed E-state index contributed by atoms with van der Waals surface area (Å²) in [5, 5.41) is -0.551. The van der Waals surface area contributed by atoms with E-state index in [1.54, 1.807) is 0 Å². The molecule has 0 aromatic heterocycles. The van der Waals surface area contributed by atoms with Crippen LogP contribution in [0.25, 0.3) is 0 Å². The maximum atomic E-state index is 11.5. The van der Waals surface area contributed by atoms with E-state index in [1.807, 2.05) is 30.3 Å². The van der Waals surface area contributed by atoms with E-state index < -0.39 is 41.8 Å². The minimum absolute atomic E-state index is 0.216. The molecule has 1 saturated heterocycles. The Hall–Kier alpha value is -1.61. The lowest BCUT2D eigenvalue weighted by atomic mass is 10.0. The highest BCUT2D eigenvalue weighted by Gasteiger charge is 2.48. The molecule has 0 aliphatic carbocycles. The van der Waals surface area contributed by atoms with Gasteiger partial charge in [-0.15, -0.1) is 0 Å². The van der Waals surface area contributed by atoms with E-state index in [1.165, 1.54) is 21.0 Å². The van der Waals surface area contributed by atoms with Crippen molar-refractivity contribution in [2.24, 2.45) is 0 Å². The van der Waals surface area contributed by atoms with E-state index in [0.717, 1.165) is 5.56 Å². The second-order valence-electron chi connectivity index (χ2n) is 5.92. The molecule has 2 rings (SSSR count). The molecule has 1 aromatic carbocycles. The van der Waals surface area contributed by atoms with E-state index in [0.29, 0.717) is 6.61 Å². The Kier molecular flexibility index (Phi) is 7.89. The number of esters is 2. The molecule has 26 heavy (non-hydrogen) atoms. The van der Waals surface area contributed by atoms with Crippen molar-refractivity contribution in [3.05, 3.63) is 35.9 Å². The fraction of sp³-hybridized carbons (Fsp3) is 0.556. The quantitative estimate of drug-likeness (QED) is 0.566. The van der Waals surface area contributed by atoms with Gasteiger partial charge in [-0.25, -0.2) is 0 Å². The van der Waals surface area contributed by atoms with Crippen molar-refractivity contribution in [3.8, 4) is 0 Å². The van der Waals surface area contributed by atoms with E-state index in [4.69, 9.17) is 23.7 Å². The van der Waals surface area contributed by atoms with Gasteiger partial charge in [-0.05, 0) is 5.56 Å². The summed E-state index contributed by atoms with van der Waals surface area (Å²) in [7, 11) is 1.42. The predicted octanol–water partition coefficient (Wildman–Crippen LogP) is 1.74. The zero-order valence-corrected chi connectivity index (χ0v) is 15.9. The number of benzene rings is 1. The number of ether oxygens (including phenoxy) is 5. The van der Waals surface area contributed by atoms with Gasteiger partial charge in [0, 0.05) is 21.0 Å². The molecule has 1 aromatic rings. The molecule has 0 unspecified atom stereocenters. The zero-order valence-electron chi connectivity index (χ0n) is 15.0. The monoisotopic (exact) mass is 384 g/mol. The molecule has 144 valence electrons. The smallest absolute Gasteiger partial charge is 0.303 e. The third kappa shape index (κ3) is 5.70. The topological polar surface area (TPSA) is 80.3 Å². The molecule has 1 heterocycles. The Balaban J connectivity index is 2.05. The molecule has 8 heteroatoms. The summed E-state index contributed by atoms with van der Waals surface area (Å²) in [6, 6.07) is 9.70. The second kappa shape index (κ2) is 9.91. The highest BCUT2D eigenvalue weighted by atomic mass is 32.1. The number of rotatable bonds is 7. The molecule has 0 saturated carbocycles. The van der Waals surface area contributed by atoms with Crippen LogP contribution in [0, 0.1) is 0 Å². The van der Waals surface area contributed by atoms with Crippen molar-refractivity contribution >= 4 is 24.6 Å². The van der Waals surface area contributed by atoms with Gasteiger partial charge in [0.25, 0.3) is 0 Å². The average Bonchev–Trinajstić information content (AvgIpc) is 2.60. The molecule has 5 atom stereocenters. The van der Waals surface area contributed by atoms with Crippen LogP contribution >= 0.6 is 12.6 Å². The molecule has 0 N–H and O–H groups in total. The van der Waals surface area contributed by atoms with Gasteiger partial charge >= 0.3 is 11.9 Å². The van der Waals surface area contributed by atoms with E-state index in [9.17, 15) is 9.59 Å². The van der Waals surface area contributed by atoms with Gasteiger partial charge in [-0.1, -0.05) is 30.3 Å². The zero-order chi connectivity index (χ0) is 19.1. The normalized spacial score (nSPS) is 28.4. The lowest BCUT2D eigenvalue weighted by Gasteiger charge is -2.43. The largest absolute Gasteiger partial charge is 0.457 e. The third-order valence-electron chi connectivity index (χ3n) is 3.85. The van der Waals surface area contributed by atoms with E-state index in [2.05, 4.69) is 12.6 Å². The molecular weight excluding hydrogens is 360 g/mol. The van der Waals surface area contributed by atoms with Crippen LogP contribution in [0.3, 0.4) is 0 Å². The summed E-state index contributed by atoms with van der Waals surface area (Å²) in [6.45, 7) is 3.17. The van der Waals surface area contributed by atoms with Crippen LogP contribution in [0.5, 0.6) is 0 Å². The Labute approximate surface area is 158 Å². The van der Waals surface area contributed by atoms with Crippen LogP contribution in [0.4, 0.5) is 0 Å². The first-order valence-corrected chi connectivity index (χ1v) is 8.76. The van der Waals surface area contributed by atoms with Gasteiger partial charge in [-0.2, -0.15) is 12.6 Å². The van der Waals surface area contributed by atoms with Crippen molar-refractivity contribution < 1.29 is 33.3 Å². The first-order valence-electron chi connectivity index (χ1n) is 8.24. The summed E-state index contributed by atoms with van der Waals surface area (Å²) in [5.41, 5.74) is 1.02. The molecule has 1 fully saturated rings. The van der Waals surface area contributed by atoms with Crippen molar-refractivity contribution in [1.29, 1.82) is 0 Å². The maximum absolute atomic E-state index is 11.5. The number of methoxy groups -OCH3 is 1. The van der Waals surface area contributed by atoms with Gasteiger partial charge in [0.05, 0.1) is 24.6 Å². The summed E-state index contributed by atoms with van der Waals surface area (Å²) in [6.07, 6.45) is -3.13. The number of thiol groups is 1. The van der Waals surface area contributed by atoms with Crippen LogP contribution in [0.2, 0.25) is 0 Å². The lowest BCUT2D eigenvalue weighted by molar-refractivity contribution is -0.270. The van der Waals surface area contributed by atoms with Gasteiger partial charge in [-0.3, -0.25) is 9.59 Å². The Morgan fingerprint density at radius 1 is 1.08 bits per heavy atom. The minimum atomic E-state index is -0.908. The standard InChI is InChI=1S/C18H24O7S/c1-11(19)23-15-16(24-12(2)20)18(21-3)25-14(17(15)26)10-22-9-13-7-5-4-6-8-13/h4-8,14-18,26H,9-10H2,1-3H3/t14-,15-,16-,17-,18+/m1/s1. The number of hydrogen-bond acceptors (Lipinski definition) is 8. The number of carbonyl (C=O) groups excluding carboxylic acids is 2. The Morgan fingerprint density at radius 2 is 1.69 bits per heavy atom. The van der Waals surface area contributed by atoms with Crippen LogP contribution in [-0.2, 0) is 39.9 Å². The van der Waals surface area contributed by atoms with Crippen molar-refractivity contribution in [3.63, 3.8) is 0 Å². The highest BCUT2D eigenvalue weighted by molar-refractivity contribution is 7.81. The summed E-state index contributed by atoms with van der Waals surface area (Å²) in [4.78, 5) is 22.9. The third-order valence-corrected chi connectivity index (χ3v) is 4.47. The van der Waals surface area contributed by atoms with Gasteiger partial charge < -0.3 is 23.7 Å². The highest BCUT2D eigenvalue weighted by Crippen LogP contribution is 2.30. The van der Waals surface area contributed by atoms with Gasteiger partial charge in [0.15, 0.2) is 18.5 Å². The fourth-order valence-corrected chi connectivity index (χ4v) is 3.12. The van der Waals surface area contributed by atoms with Crippen LogP contribution in [0.1, 0.15) is 19.4 Å². The van der Waals surface area contributed by atoms with E-state index >= 15 is 0 Å². The van der Waals surface area contributed by atoms with Gasteiger partial charge in [0.2, 0.25) is 0 Å². The first kappa shape index (κ1) is 20.7. The Morgan fingerprint density at radius 3 is 2.27 bits per heavy atom. The fourth-order valence-electron chi connectivity index (χ4n) is 2.73. The number of hydrogen-bond donors (Lipinski definition) is 1. The molecule has 0 amide bonds. The van der Waals surface area contributed by atoms with Gasteiger partial charge in [0.1, 0.15) is 0 Å². The molecule has 1 aliphatic rings. The van der Waals surface area contributed by atoms with Crippen LogP contribution in [-0.4, -0.2) is 55.5 Å². The average molecular weight is 384 g/mol. The summed E-state index contributed by atoms with van der Waals surface area (Å²) >= 11 is 4.52. The minimum Gasteiger partial charge on any atom is -0.457 e. The Bertz CT molecular complexity index is 594. The molecule has 0 bridgehead atoms. The maximum Gasteiger partial charge on any atom is 0.303 e. The van der Waals surface area contributed by atoms with Crippen molar-refractivity contribution in [2.45, 2.75) is 50.3 Å². The molecule has 0 radical (unpaired) electrons. The van der Waals surface area contributed by atoms with E-state index in [-0.39, 0.29) is 6.61 Å². The summed E-state index contributed by atoms with van der Waals surface area (Å²) in [5.74, 6) is -1.04. The van der Waals surface area contributed by atoms with Crippen molar-refractivity contribution in [2.75, 3.05) is 13.7 Å². The molecule has 7 nitrogen and oxygen atoms in total. The van der Waals surface area contributed by atoms with Crippen LogP contribution in [0.15, 0.2) is 30.3 Å². The predicted molar refractivity (Wildman–Crippen MR) is 95.7 cm³/mol. The first-order chi connectivity index (χ1) is 12.4. The number of carbonyl (C=O) groups is 2. The lowest BCUT2D eigenvalue weighted by Crippen LogP contribution is -2.59. The molecular formula is C18H24O7S. The molecule has 1 aliphatic heterocycles. The second-order valence-corrected chi connectivity index (χ2v) is 6.51. The molecule has 0 spiro atoms. The van der Waals surface area contributed by atoms with Crippen LogP contribution < -0.4 is 0 Å². The SMILES string of the molecule is CO[C@H]1O[C@H](COCc2ccccc2)[C@@H](S)[C@H](OC(C)=O)[C@H]1OC(C)=O. The van der Waals surface area contributed by atoms with Crippen molar-refractivity contribution in [1.82, 2.24) is 0 Å². The summed E-state index contributed by atoms with van der Waals surface area (Å²) < 4.78 is 27.4.